The zero-order valence-corrected chi connectivity index (χ0v) is 11.3. The minimum atomic E-state index is 0.221. The maximum Gasteiger partial charge on any atom is 0.0436 e. The van der Waals surface area contributed by atoms with E-state index < -0.39 is 0 Å². The van der Waals surface area contributed by atoms with Crippen molar-refractivity contribution in [1.82, 2.24) is 5.32 Å². The van der Waals surface area contributed by atoms with Crippen molar-refractivity contribution in [1.29, 1.82) is 0 Å². The Kier molecular flexibility index (Phi) is 5.77. The largest absolute Gasteiger partial charge is 0.396 e. The van der Waals surface area contributed by atoms with Gasteiger partial charge in [0.1, 0.15) is 0 Å². The van der Waals surface area contributed by atoms with Crippen LogP contribution in [0.25, 0.3) is 0 Å². The lowest BCUT2D eigenvalue weighted by molar-refractivity contribution is 0.201. The van der Waals surface area contributed by atoms with Crippen molar-refractivity contribution in [2.45, 2.75) is 65.3 Å². The Bertz CT molecular complexity index is 185. The Morgan fingerprint density at radius 2 is 1.94 bits per heavy atom. The van der Waals surface area contributed by atoms with E-state index in [0.717, 1.165) is 18.9 Å². The molecule has 2 nitrogen and oxygen atoms in total. The number of aliphatic hydroxyl groups excluding tert-OH is 1. The molecule has 96 valence electrons. The van der Waals surface area contributed by atoms with Crippen molar-refractivity contribution >= 4 is 0 Å². The summed E-state index contributed by atoms with van der Waals surface area (Å²) in [5.74, 6) is 0.962. The first-order valence-electron chi connectivity index (χ1n) is 6.88. The summed E-state index contributed by atoms with van der Waals surface area (Å²) in [6.45, 7) is 8.05. The van der Waals surface area contributed by atoms with Crippen LogP contribution in [0.4, 0.5) is 0 Å². The number of aliphatic hydroxyl groups is 1. The van der Waals surface area contributed by atoms with Crippen LogP contribution in [0.1, 0.15) is 59.3 Å². The van der Waals surface area contributed by atoms with Crippen LogP contribution in [0.2, 0.25) is 0 Å². The average Bonchev–Trinajstić information content (AvgIpc) is 2.68. The standard InChI is InChI=1S/C14H29NO/c1-12(10-13-6-4-5-7-13)15-11-14(2,3)8-9-16/h12-13,15-16H,4-11H2,1-3H3. The molecule has 0 radical (unpaired) electrons. The Balaban J connectivity index is 2.15. The molecule has 1 aliphatic rings. The highest BCUT2D eigenvalue weighted by Gasteiger charge is 2.20. The van der Waals surface area contributed by atoms with Crippen molar-refractivity contribution in [3.05, 3.63) is 0 Å². The molecule has 0 amide bonds. The average molecular weight is 227 g/mol. The lowest BCUT2D eigenvalue weighted by atomic mass is 9.89. The number of hydrogen-bond donors (Lipinski definition) is 2. The molecule has 1 saturated carbocycles. The SMILES string of the molecule is CC(CC1CCCC1)NCC(C)(C)CCO. The van der Waals surface area contributed by atoms with Gasteiger partial charge < -0.3 is 10.4 Å². The minimum Gasteiger partial charge on any atom is -0.396 e. The Hall–Kier alpha value is -0.0800. The first-order chi connectivity index (χ1) is 7.53. The van der Waals surface area contributed by atoms with E-state index in [-0.39, 0.29) is 5.41 Å². The zero-order chi connectivity index (χ0) is 12.0. The molecule has 0 heterocycles. The molecule has 1 unspecified atom stereocenters. The normalized spacial score (nSPS) is 20.2. The summed E-state index contributed by atoms with van der Waals surface area (Å²) < 4.78 is 0. The second-order valence-electron chi connectivity index (χ2n) is 6.31. The van der Waals surface area contributed by atoms with Gasteiger partial charge in [-0.3, -0.25) is 0 Å². The molecule has 0 saturated heterocycles. The third-order valence-corrected chi connectivity index (χ3v) is 3.88. The first kappa shape index (κ1) is 14.0. The van der Waals surface area contributed by atoms with Crippen LogP contribution in [-0.4, -0.2) is 24.3 Å². The molecule has 0 bridgehead atoms. The molecule has 0 aromatic rings. The Labute approximate surface area is 101 Å². The van der Waals surface area contributed by atoms with E-state index in [2.05, 4.69) is 26.1 Å². The summed E-state index contributed by atoms with van der Waals surface area (Å²) in [5, 5.41) is 12.6. The van der Waals surface area contributed by atoms with Crippen LogP contribution >= 0.6 is 0 Å². The summed E-state index contributed by atoms with van der Waals surface area (Å²) >= 11 is 0. The molecule has 0 spiro atoms. The zero-order valence-electron chi connectivity index (χ0n) is 11.3. The highest BCUT2D eigenvalue weighted by molar-refractivity contribution is 4.77. The molecule has 2 heteroatoms. The van der Waals surface area contributed by atoms with Crippen molar-refractivity contribution in [2.75, 3.05) is 13.2 Å². The van der Waals surface area contributed by atoms with Crippen LogP contribution in [-0.2, 0) is 0 Å². The van der Waals surface area contributed by atoms with Gasteiger partial charge in [0.05, 0.1) is 0 Å². The van der Waals surface area contributed by atoms with E-state index in [1.807, 2.05) is 0 Å². The fourth-order valence-corrected chi connectivity index (χ4v) is 2.67. The van der Waals surface area contributed by atoms with Gasteiger partial charge in [0.15, 0.2) is 0 Å². The summed E-state index contributed by atoms with van der Waals surface area (Å²) in [6.07, 6.45) is 7.96. The Morgan fingerprint density at radius 3 is 2.50 bits per heavy atom. The van der Waals surface area contributed by atoms with Gasteiger partial charge in [0.25, 0.3) is 0 Å². The smallest absolute Gasteiger partial charge is 0.0436 e. The predicted molar refractivity (Wildman–Crippen MR) is 69.5 cm³/mol. The molecular weight excluding hydrogens is 198 g/mol. The molecule has 1 aliphatic carbocycles. The fourth-order valence-electron chi connectivity index (χ4n) is 2.67. The van der Waals surface area contributed by atoms with Gasteiger partial charge in [0.2, 0.25) is 0 Å². The van der Waals surface area contributed by atoms with Crippen LogP contribution in [0.3, 0.4) is 0 Å². The van der Waals surface area contributed by atoms with E-state index in [1.54, 1.807) is 0 Å². The molecule has 2 N–H and O–H groups in total. The van der Waals surface area contributed by atoms with Gasteiger partial charge >= 0.3 is 0 Å². The molecule has 16 heavy (non-hydrogen) atoms. The van der Waals surface area contributed by atoms with Crippen molar-refractivity contribution in [3.8, 4) is 0 Å². The lowest BCUT2D eigenvalue weighted by Gasteiger charge is -2.27. The summed E-state index contributed by atoms with van der Waals surface area (Å²) in [5.41, 5.74) is 0.221. The molecule has 0 aliphatic heterocycles. The second-order valence-corrected chi connectivity index (χ2v) is 6.31. The predicted octanol–water partition coefficient (Wildman–Crippen LogP) is 2.95. The topological polar surface area (TPSA) is 32.3 Å². The fraction of sp³-hybridized carbons (Fsp3) is 1.00. The molecule has 1 fully saturated rings. The molecule has 0 aromatic carbocycles. The highest BCUT2D eigenvalue weighted by Crippen LogP contribution is 2.28. The van der Waals surface area contributed by atoms with Gasteiger partial charge in [0, 0.05) is 19.2 Å². The van der Waals surface area contributed by atoms with E-state index in [0.29, 0.717) is 12.6 Å². The summed E-state index contributed by atoms with van der Waals surface area (Å²) in [4.78, 5) is 0. The third kappa shape index (κ3) is 5.31. The van der Waals surface area contributed by atoms with Gasteiger partial charge in [-0.2, -0.15) is 0 Å². The van der Waals surface area contributed by atoms with Crippen LogP contribution in [0.15, 0.2) is 0 Å². The van der Waals surface area contributed by atoms with Gasteiger partial charge in [-0.05, 0) is 31.1 Å². The van der Waals surface area contributed by atoms with Crippen LogP contribution in [0, 0.1) is 11.3 Å². The van der Waals surface area contributed by atoms with E-state index in [1.165, 1.54) is 32.1 Å². The monoisotopic (exact) mass is 227 g/mol. The molecule has 1 rings (SSSR count). The minimum absolute atomic E-state index is 0.221. The Morgan fingerprint density at radius 1 is 1.31 bits per heavy atom. The first-order valence-corrected chi connectivity index (χ1v) is 6.88. The molecule has 0 aromatic heterocycles. The van der Waals surface area contributed by atoms with Gasteiger partial charge in [-0.25, -0.2) is 0 Å². The lowest BCUT2D eigenvalue weighted by Crippen LogP contribution is -2.36. The van der Waals surface area contributed by atoms with Crippen molar-refractivity contribution in [3.63, 3.8) is 0 Å². The van der Waals surface area contributed by atoms with Crippen LogP contribution < -0.4 is 5.32 Å². The van der Waals surface area contributed by atoms with E-state index in [4.69, 9.17) is 5.11 Å². The molecule has 1 atom stereocenters. The third-order valence-electron chi connectivity index (χ3n) is 3.88. The van der Waals surface area contributed by atoms with Gasteiger partial charge in [-0.1, -0.05) is 39.5 Å². The maximum absolute atomic E-state index is 8.97. The number of hydrogen-bond acceptors (Lipinski definition) is 2. The van der Waals surface area contributed by atoms with E-state index >= 15 is 0 Å². The van der Waals surface area contributed by atoms with Gasteiger partial charge in [-0.15, -0.1) is 0 Å². The quantitative estimate of drug-likeness (QED) is 0.701. The van der Waals surface area contributed by atoms with Crippen molar-refractivity contribution < 1.29 is 5.11 Å². The maximum atomic E-state index is 8.97. The summed E-state index contributed by atoms with van der Waals surface area (Å²) in [6, 6.07) is 0.626. The highest BCUT2D eigenvalue weighted by atomic mass is 16.3. The molecular formula is C14H29NO. The summed E-state index contributed by atoms with van der Waals surface area (Å²) in [7, 11) is 0. The van der Waals surface area contributed by atoms with E-state index in [9.17, 15) is 0 Å². The van der Waals surface area contributed by atoms with Crippen molar-refractivity contribution in [2.24, 2.45) is 11.3 Å². The second kappa shape index (κ2) is 6.61. The van der Waals surface area contributed by atoms with Crippen LogP contribution in [0.5, 0.6) is 0 Å². The number of rotatable bonds is 7. The number of nitrogens with one attached hydrogen (secondary N) is 1.